The van der Waals surface area contributed by atoms with Gasteiger partial charge in [-0.2, -0.15) is 0 Å². The molecule has 2 aromatic carbocycles. The topological polar surface area (TPSA) is 41.6 Å². The molecule has 0 saturated heterocycles. The van der Waals surface area contributed by atoms with Crippen LogP contribution in [-0.2, 0) is 0 Å². The highest BCUT2D eigenvalue weighted by atomic mass is 32.2. The van der Waals surface area contributed by atoms with Crippen molar-refractivity contribution in [1.82, 2.24) is 15.0 Å². The molecule has 0 amide bonds. The van der Waals surface area contributed by atoms with Gasteiger partial charge in [-0.1, -0.05) is 55.5 Å². The molecule has 4 aromatic rings. The molecule has 0 radical (unpaired) electrons. The lowest BCUT2D eigenvalue weighted by Crippen LogP contribution is -1.83. The number of hydrogen-bond acceptors (Lipinski definition) is 3. The van der Waals surface area contributed by atoms with Crippen molar-refractivity contribution in [2.45, 2.75) is 18.2 Å². The summed E-state index contributed by atoms with van der Waals surface area (Å²) in [4.78, 5) is 13.8. The average molecular weight is 345 g/mol. The second-order valence-corrected chi connectivity index (χ2v) is 7.09. The van der Waals surface area contributed by atoms with Gasteiger partial charge in [0, 0.05) is 16.7 Å². The van der Waals surface area contributed by atoms with Gasteiger partial charge in [-0.15, -0.1) is 11.8 Å². The van der Waals surface area contributed by atoms with E-state index in [0.717, 1.165) is 34.7 Å². The van der Waals surface area contributed by atoms with Crippen molar-refractivity contribution in [1.29, 1.82) is 0 Å². The van der Waals surface area contributed by atoms with Crippen molar-refractivity contribution < 1.29 is 0 Å². The van der Waals surface area contributed by atoms with Gasteiger partial charge in [-0.25, -0.2) is 9.97 Å². The first-order chi connectivity index (χ1) is 12.3. The van der Waals surface area contributed by atoms with Gasteiger partial charge in [0.1, 0.15) is 5.82 Å². The summed E-state index contributed by atoms with van der Waals surface area (Å²) in [5.74, 6) is 1.96. The standard InChI is InChI=1S/C21H19N3S/c1-2-11-25-18-13-19-21(22-14-18)24-20(23-19)17-10-6-9-16(12-17)15-7-4-3-5-8-15/h3-10,12-14H,2,11H2,1H3,(H,22,23,24). The smallest absolute Gasteiger partial charge is 0.178 e. The number of aromatic nitrogens is 3. The van der Waals surface area contributed by atoms with Crippen molar-refractivity contribution in [2.75, 3.05) is 5.75 Å². The molecule has 4 heteroatoms. The summed E-state index contributed by atoms with van der Waals surface area (Å²) in [6, 6.07) is 21.0. The molecule has 0 atom stereocenters. The van der Waals surface area contributed by atoms with Crippen molar-refractivity contribution in [2.24, 2.45) is 0 Å². The number of benzene rings is 2. The maximum atomic E-state index is 4.66. The summed E-state index contributed by atoms with van der Waals surface area (Å²) in [6.07, 6.45) is 3.07. The summed E-state index contributed by atoms with van der Waals surface area (Å²) in [5.41, 5.74) is 5.21. The summed E-state index contributed by atoms with van der Waals surface area (Å²) in [5, 5.41) is 0. The number of aromatic amines is 1. The molecule has 0 saturated carbocycles. The molecule has 0 bridgehead atoms. The van der Waals surface area contributed by atoms with E-state index in [1.165, 1.54) is 16.0 Å². The first-order valence-corrected chi connectivity index (χ1v) is 9.46. The predicted molar refractivity (Wildman–Crippen MR) is 106 cm³/mol. The molecule has 25 heavy (non-hydrogen) atoms. The Morgan fingerprint density at radius 3 is 2.56 bits per heavy atom. The van der Waals surface area contributed by atoms with E-state index in [2.05, 4.69) is 76.5 Å². The molecular formula is C21H19N3S. The molecule has 0 aliphatic carbocycles. The largest absolute Gasteiger partial charge is 0.337 e. The Labute approximate surface area is 151 Å². The summed E-state index contributed by atoms with van der Waals surface area (Å²) >= 11 is 1.83. The number of hydrogen-bond donors (Lipinski definition) is 1. The average Bonchev–Trinajstić information content (AvgIpc) is 3.10. The van der Waals surface area contributed by atoms with Gasteiger partial charge in [0.15, 0.2) is 5.65 Å². The second-order valence-electron chi connectivity index (χ2n) is 5.92. The van der Waals surface area contributed by atoms with Crippen LogP contribution in [0.1, 0.15) is 13.3 Å². The number of fused-ring (bicyclic) bond motifs is 1. The minimum atomic E-state index is 0.765. The van der Waals surface area contributed by atoms with Crippen molar-refractivity contribution in [3.8, 4) is 22.5 Å². The van der Waals surface area contributed by atoms with Gasteiger partial charge >= 0.3 is 0 Å². The zero-order chi connectivity index (χ0) is 17.1. The monoisotopic (exact) mass is 345 g/mol. The van der Waals surface area contributed by atoms with Crippen LogP contribution < -0.4 is 0 Å². The van der Waals surface area contributed by atoms with Gasteiger partial charge in [0.05, 0.1) is 5.52 Å². The maximum absolute atomic E-state index is 4.66. The summed E-state index contributed by atoms with van der Waals surface area (Å²) < 4.78 is 0. The number of H-pyrrole nitrogens is 1. The molecule has 2 heterocycles. The summed E-state index contributed by atoms with van der Waals surface area (Å²) in [6.45, 7) is 2.19. The fourth-order valence-corrected chi connectivity index (χ4v) is 3.56. The molecule has 0 aliphatic heterocycles. The van der Waals surface area contributed by atoms with Crippen LogP contribution in [-0.4, -0.2) is 20.7 Å². The lowest BCUT2D eigenvalue weighted by atomic mass is 10.0. The number of pyridine rings is 1. The van der Waals surface area contributed by atoms with E-state index in [1.807, 2.05) is 24.0 Å². The van der Waals surface area contributed by atoms with Gasteiger partial charge in [0.2, 0.25) is 0 Å². The number of thioether (sulfide) groups is 1. The number of nitrogens with one attached hydrogen (secondary N) is 1. The normalized spacial score (nSPS) is 11.1. The van der Waals surface area contributed by atoms with Gasteiger partial charge in [-0.3, -0.25) is 0 Å². The molecule has 0 aliphatic rings. The van der Waals surface area contributed by atoms with Crippen LogP contribution in [0, 0.1) is 0 Å². The van der Waals surface area contributed by atoms with Crippen LogP contribution in [0.3, 0.4) is 0 Å². The van der Waals surface area contributed by atoms with E-state index in [4.69, 9.17) is 0 Å². The molecule has 2 aromatic heterocycles. The molecule has 0 fully saturated rings. The second kappa shape index (κ2) is 7.11. The molecular weight excluding hydrogens is 326 g/mol. The Hall–Kier alpha value is -2.59. The van der Waals surface area contributed by atoms with E-state index in [9.17, 15) is 0 Å². The Balaban J connectivity index is 1.70. The molecule has 1 N–H and O–H groups in total. The van der Waals surface area contributed by atoms with E-state index >= 15 is 0 Å². The van der Waals surface area contributed by atoms with Crippen LogP contribution in [0.25, 0.3) is 33.7 Å². The van der Waals surface area contributed by atoms with E-state index < -0.39 is 0 Å². The third-order valence-electron chi connectivity index (χ3n) is 4.03. The van der Waals surface area contributed by atoms with Gasteiger partial charge in [-0.05, 0) is 35.4 Å². The highest BCUT2D eigenvalue weighted by molar-refractivity contribution is 7.99. The molecule has 4 rings (SSSR count). The molecule has 124 valence electrons. The fraction of sp³-hybridized carbons (Fsp3) is 0.143. The van der Waals surface area contributed by atoms with Crippen LogP contribution in [0.4, 0.5) is 0 Å². The van der Waals surface area contributed by atoms with Crippen LogP contribution in [0.15, 0.2) is 71.8 Å². The number of rotatable bonds is 5. The first kappa shape index (κ1) is 15.9. The SMILES string of the molecule is CCCSc1cnc2nc(-c3cccc(-c4ccccc4)c3)[nH]c2c1. The van der Waals surface area contributed by atoms with Crippen LogP contribution in [0.5, 0.6) is 0 Å². The lowest BCUT2D eigenvalue weighted by Gasteiger charge is -2.03. The third kappa shape index (κ3) is 3.44. The Morgan fingerprint density at radius 1 is 0.920 bits per heavy atom. The molecule has 3 nitrogen and oxygen atoms in total. The number of nitrogens with zero attached hydrogens (tertiary/aromatic N) is 2. The van der Waals surface area contributed by atoms with E-state index in [0.29, 0.717) is 0 Å². The summed E-state index contributed by atoms with van der Waals surface area (Å²) in [7, 11) is 0. The zero-order valence-electron chi connectivity index (χ0n) is 14.1. The highest BCUT2D eigenvalue weighted by Gasteiger charge is 2.08. The molecule has 0 unspecified atom stereocenters. The third-order valence-corrected chi connectivity index (χ3v) is 5.20. The van der Waals surface area contributed by atoms with Crippen molar-refractivity contribution >= 4 is 22.9 Å². The Morgan fingerprint density at radius 2 is 1.72 bits per heavy atom. The predicted octanol–water partition coefficient (Wildman–Crippen LogP) is 5.79. The van der Waals surface area contributed by atoms with Crippen molar-refractivity contribution in [3.63, 3.8) is 0 Å². The van der Waals surface area contributed by atoms with E-state index in [-0.39, 0.29) is 0 Å². The van der Waals surface area contributed by atoms with Crippen LogP contribution >= 0.6 is 11.8 Å². The van der Waals surface area contributed by atoms with E-state index in [1.54, 1.807) is 0 Å². The number of imidazole rings is 1. The molecule has 0 spiro atoms. The Bertz CT molecular complexity index is 992. The maximum Gasteiger partial charge on any atom is 0.178 e. The minimum Gasteiger partial charge on any atom is -0.337 e. The van der Waals surface area contributed by atoms with Crippen molar-refractivity contribution in [3.05, 3.63) is 66.9 Å². The zero-order valence-corrected chi connectivity index (χ0v) is 14.9. The quantitative estimate of drug-likeness (QED) is 0.465. The van der Waals surface area contributed by atoms with Gasteiger partial charge in [0.25, 0.3) is 0 Å². The fourth-order valence-electron chi connectivity index (χ4n) is 2.79. The van der Waals surface area contributed by atoms with Gasteiger partial charge < -0.3 is 4.98 Å². The Kier molecular flexibility index (Phi) is 4.53. The lowest BCUT2D eigenvalue weighted by molar-refractivity contribution is 1.10. The first-order valence-electron chi connectivity index (χ1n) is 8.48. The van der Waals surface area contributed by atoms with Crippen LogP contribution in [0.2, 0.25) is 0 Å². The minimum absolute atomic E-state index is 0.765. The highest BCUT2D eigenvalue weighted by Crippen LogP contribution is 2.27.